The minimum atomic E-state index is -0.607. The third-order valence-corrected chi connectivity index (χ3v) is 3.85. The maximum atomic E-state index is 11.2. The van der Waals surface area contributed by atoms with Crippen molar-refractivity contribution < 1.29 is 14.6 Å². The summed E-state index contributed by atoms with van der Waals surface area (Å²) in [7, 11) is 0. The predicted molar refractivity (Wildman–Crippen MR) is 65.6 cm³/mol. The molecule has 2 atom stereocenters. The Morgan fingerprint density at radius 3 is 3.06 bits per heavy atom. The van der Waals surface area contributed by atoms with Gasteiger partial charge in [-0.1, -0.05) is 0 Å². The quantitative estimate of drug-likeness (QED) is 0.726. The van der Waals surface area contributed by atoms with Crippen molar-refractivity contribution in [1.29, 1.82) is 0 Å². The average molecular weight is 247 g/mol. The van der Waals surface area contributed by atoms with Crippen LogP contribution in [0.3, 0.4) is 0 Å². The van der Waals surface area contributed by atoms with Crippen molar-refractivity contribution in [3.63, 3.8) is 0 Å². The lowest BCUT2D eigenvalue weighted by Crippen LogP contribution is -2.44. The maximum Gasteiger partial charge on any atom is 0.308 e. The van der Waals surface area contributed by atoms with Crippen LogP contribution >= 0.6 is 11.8 Å². The molecule has 1 N–H and O–H groups in total. The summed E-state index contributed by atoms with van der Waals surface area (Å²) in [5.74, 6) is 1.90. The molecule has 4 nitrogen and oxygen atoms in total. The predicted octanol–water partition coefficient (Wildman–Crippen LogP) is 0.738. The molecule has 94 valence electrons. The number of ether oxygens (including phenoxy) is 1. The van der Waals surface area contributed by atoms with Gasteiger partial charge in [0, 0.05) is 30.6 Å². The van der Waals surface area contributed by atoms with E-state index in [4.69, 9.17) is 4.74 Å². The van der Waals surface area contributed by atoms with Crippen LogP contribution in [0.25, 0.3) is 0 Å². The van der Waals surface area contributed by atoms with E-state index >= 15 is 0 Å². The van der Waals surface area contributed by atoms with Crippen LogP contribution in [0, 0.1) is 0 Å². The van der Waals surface area contributed by atoms with Crippen LogP contribution in [0.1, 0.15) is 20.3 Å². The second-order valence-electron chi connectivity index (χ2n) is 4.08. The number of β-amino-alcohol motifs (C(OH)–C–C–N with tert-alkyl or cyclic N) is 1. The third-order valence-electron chi connectivity index (χ3n) is 2.66. The molecule has 0 saturated carbocycles. The molecular weight excluding hydrogens is 226 g/mol. The van der Waals surface area contributed by atoms with E-state index in [1.54, 1.807) is 6.92 Å². The molecule has 5 heteroatoms. The number of nitrogens with zero attached hydrogens (tertiary/aromatic N) is 1. The molecule has 0 radical (unpaired) electrons. The van der Waals surface area contributed by atoms with Crippen LogP contribution in [-0.4, -0.2) is 59.3 Å². The standard InChI is InChI=1S/C11H21NO3S/c1-3-15-11(14)6-10(13)7-12-4-5-16-8-9(12)2/h9-10,13H,3-8H2,1-2H3. The number of carbonyl (C=O) groups is 1. The van der Waals surface area contributed by atoms with Gasteiger partial charge in [-0.15, -0.1) is 0 Å². The van der Waals surface area contributed by atoms with Gasteiger partial charge in [0.15, 0.2) is 0 Å². The van der Waals surface area contributed by atoms with E-state index in [1.165, 1.54) is 0 Å². The number of thioether (sulfide) groups is 1. The summed E-state index contributed by atoms with van der Waals surface area (Å²) in [4.78, 5) is 13.4. The molecule has 1 rings (SSSR count). The van der Waals surface area contributed by atoms with E-state index in [0.717, 1.165) is 18.1 Å². The van der Waals surface area contributed by atoms with Crippen molar-refractivity contribution in [3.8, 4) is 0 Å². The van der Waals surface area contributed by atoms with Crippen molar-refractivity contribution in [3.05, 3.63) is 0 Å². The normalized spacial score (nSPS) is 24.1. The number of aliphatic hydroxyl groups excluding tert-OH is 1. The summed E-state index contributed by atoms with van der Waals surface area (Å²) in [6.45, 7) is 5.87. The van der Waals surface area contributed by atoms with E-state index < -0.39 is 6.10 Å². The van der Waals surface area contributed by atoms with Gasteiger partial charge in [-0.2, -0.15) is 11.8 Å². The molecule has 0 spiro atoms. The highest BCUT2D eigenvalue weighted by atomic mass is 32.2. The number of hydrogen-bond donors (Lipinski definition) is 1. The van der Waals surface area contributed by atoms with Crippen LogP contribution in [0.4, 0.5) is 0 Å². The van der Waals surface area contributed by atoms with Gasteiger partial charge in [0.25, 0.3) is 0 Å². The average Bonchev–Trinajstić information content (AvgIpc) is 2.21. The van der Waals surface area contributed by atoms with Gasteiger partial charge in [-0.3, -0.25) is 9.69 Å². The molecule has 0 amide bonds. The van der Waals surface area contributed by atoms with Crippen molar-refractivity contribution in [2.45, 2.75) is 32.4 Å². The molecule has 1 aliphatic heterocycles. The fourth-order valence-electron chi connectivity index (χ4n) is 1.78. The van der Waals surface area contributed by atoms with Gasteiger partial charge in [0.1, 0.15) is 0 Å². The summed E-state index contributed by atoms with van der Waals surface area (Å²) in [6, 6.07) is 0.482. The zero-order valence-electron chi connectivity index (χ0n) is 10.0. The lowest BCUT2D eigenvalue weighted by atomic mass is 10.2. The molecule has 0 aromatic carbocycles. The van der Waals surface area contributed by atoms with E-state index in [9.17, 15) is 9.90 Å². The zero-order valence-corrected chi connectivity index (χ0v) is 10.8. The van der Waals surface area contributed by atoms with E-state index in [2.05, 4.69) is 11.8 Å². The van der Waals surface area contributed by atoms with Gasteiger partial charge in [0.05, 0.1) is 19.1 Å². The highest BCUT2D eigenvalue weighted by molar-refractivity contribution is 7.99. The van der Waals surface area contributed by atoms with Crippen molar-refractivity contribution >= 4 is 17.7 Å². The molecule has 1 aliphatic rings. The first-order valence-corrected chi connectivity index (χ1v) is 6.94. The van der Waals surface area contributed by atoms with Gasteiger partial charge in [-0.05, 0) is 13.8 Å². The Balaban J connectivity index is 2.26. The summed E-state index contributed by atoms with van der Waals surface area (Å²) >= 11 is 1.94. The Bertz CT molecular complexity index is 225. The highest BCUT2D eigenvalue weighted by Crippen LogP contribution is 2.16. The number of aliphatic hydroxyl groups is 1. The van der Waals surface area contributed by atoms with Crippen LogP contribution in [0.5, 0.6) is 0 Å². The van der Waals surface area contributed by atoms with Gasteiger partial charge >= 0.3 is 5.97 Å². The SMILES string of the molecule is CCOC(=O)CC(O)CN1CCSCC1C. The molecule has 1 saturated heterocycles. The molecule has 1 fully saturated rings. The highest BCUT2D eigenvalue weighted by Gasteiger charge is 2.22. The fraction of sp³-hybridized carbons (Fsp3) is 0.909. The van der Waals surface area contributed by atoms with Crippen LogP contribution in [-0.2, 0) is 9.53 Å². The molecular formula is C11H21NO3S. The summed E-state index contributed by atoms with van der Waals surface area (Å²) in [5.41, 5.74) is 0. The Labute approximate surface area is 101 Å². The molecule has 2 unspecified atom stereocenters. The van der Waals surface area contributed by atoms with E-state index in [-0.39, 0.29) is 12.4 Å². The van der Waals surface area contributed by atoms with Gasteiger partial charge in [-0.25, -0.2) is 0 Å². The topological polar surface area (TPSA) is 49.8 Å². The fourth-order valence-corrected chi connectivity index (χ4v) is 2.86. The first-order chi connectivity index (χ1) is 7.63. The van der Waals surface area contributed by atoms with Crippen molar-refractivity contribution in [1.82, 2.24) is 4.90 Å². The number of esters is 1. The number of carbonyl (C=O) groups excluding carboxylic acids is 1. The molecule has 0 bridgehead atoms. The Morgan fingerprint density at radius 1 is 1.69 bits per heavy atom. The third kappa shape index (κ3) is 4.72. The van der Waals surface area contributed by atoms with Gasteiger partial charge in [0.2, 0.25) is 0 Å². The smallest absolute Gasteiger partial charge is 0.308 e. The molecule has 1 heterocycles. The summed E-state index contributed by atoms with van der Waals surface area (Å²) in [5, 5.41) is 9.77. The van der Waals surface area contributed by atoms with E-state index in [0.29, 0.717) is 19.2 Å². The molecule has 0 aromatic rings. The van der Waals surface area contributed by atoms with Crippen molar-refractivity contribution in [2.24, 2.45) is 0 Å². The minimum Gasteiger partial charge on any atom is -0.466 e. The molecule has 0 aliphatic carbocycles. The second-order valence-corrected chi connectivity index (χ2v) is 5.23. The zero-order chi connectivity index (χ0) is 12.0. The second kappa shape index (κ2) is 7.14. The monoisotopic (exact) mass is 247 g/mol. The van der Waals surface area contributed by atoms with Crippen LogP contribution < -0.4 is 0 Å². The Hall–Kier alpha value is -0.260. The summed E-state index contributed by atoms with van der Waals surface area (Å²) < 4.78 is 4.81. The summed E-state index contributed by atoms with van der Waals surface area (Å²) in [6.07, 6.45) is -0.505. The Morgan fingerprint density at radius 2 is 2.44 bits per heavy atom. The maximum absolute atomic E-state index is 11.2. The Kier molecular flexibility index (Phi) is 6.16. The molecule has 0 aromatic heterocycles. The van der Waals surface area contributed by atoms with E-state index in [1.807, 2.05) is 11.8 Å². The largest absolute Gasteiger partial charge is 0.466 e. The first kappa shape index (κ1) is 13.8. The lowest BCUT2D eigenvalue weighted by molar-refractivity contribution is -0.145. The number of hydrogen-bond acceptors (Lipinski definition) is 5. The van der Waals surface area contributed by atoms with Gasteiger partial charge < -0.3 is 9.84 Å². The van der Waals surface area contributed by atoms with Crippen LogP contribution in [0.2, 0.25) is 0 Å². The first-order valence-electron chi connectivity index (χ1n) is 5.79. The minimum absolute atomic E-state index is 0.101. The van der Waals surface area contributed by atoms with Crippen molar-refractivity contribution in [2.75, 3.05) is 31.2 Å². The molecule has 16 heavy (non-hydrogen) atoms. The lowest BCUT2D eigenvalue weighted by Gasteiger charge is -2.34. The van der Waals surface area contributed by atoms with Crippen LogP contribution in [0.15, 0.2) is 0 Å². The number of rotatable bonds is 5.